The van der Waals surface area contributed by atoms with Crippen LogP contribution in [0.25, 0.3) is 0 Å². The van der Waals surface area contributed by atoms with Crippen LogP contribution in [0.5, 0.6) is 0 Å². The number of rotatable bonds is 3. The Morgan fingerprint density at radius 3 is 2.68 bits per heavy atom. The number of nitrogens with zero attached hydrogens (tertiary/aromatic N) is 1. The molecule has 1 unspecified atom stereocenters. The quantitative estimate of drug-likeness (QED) is 0.907. The van der Waals surface area contributed by atoms with Crippen molar-refractivity contribution in [1.29, 1.82) is 0 Å². The Hall–Kier alpha value is -1.67. The van der Waals surface area contributed by atoms with Crippen molar-refractivity contribution in [2.75, 3.05) is 7.05 Å². The second-order valence-electron chi connectivity index (χ2n) is 5.40. The highest BCUT2D eigenvalue weighted by atomic mass is 14.9. The minimum Gasteiger partial charge on any atom is -0.309 e. The molecule has 0 amide bonds. The second kappa shape index (κ2) is 5.14. The van der Waals surface area contributed by atoms with Gasteiger partial charge in [0.2, 0.25) is 0 Å². The van der Waals surface area contributed by atoms with Gasteiger partial charge in [-0.25, -0.2) is 0 Å². The van der Waals surface area contributed by atoms with Gasteiger partial charge in [0.1, 0.15) is 0 Å². The molecule has 1 aliphatic carbocycles. The Labute approximate surface area is 114 Å². The largest absolute Gasteiger partial charge is 0.309 e. The number of hydrogen-bond donors (Lipinski definition) is 1. The fraction of sp³-hybridized carbons (Fsp3) is 0.353. The molecule has 0 saturated heterocycles. The van der Waals surface area contributed by atoms with E-state index >= 15 is 0 Å². The van der Waals surface area contributed by atoms with E-state index in [1.165, 1.54) is 47.1 Å². The summed E-state index contributed by atoms with van der Waals surface area (Å²) in [4.78, 5) is 4.31. The molecule has 1 aromatic carbocycles. The van der Waals surface area contributed by atoms with Crippen LogP contribution in [0.3, 0.4) is 0 Å². The zero-order chi connectivity index (χ0) is 13.2. The van der Waals surface area contributed by atoms with E-state index in [1.807, 2.05) is 19.4 Å². The van der Waals surface area contributed by atoms with Crippen molar-refractivity contribution < 1.29 is 0 Å². The van der Waals surface area contributed by atoms with Gasteiger partial charge in [-0.2, -0.15) is 0 Å². The van der Waals surface area contributed by atoms with Gasteiger partial charge in [0, 0.05) is 12.4 Å². The highest BCUT2D eigenvalue weighted by molar-refractivity contribution is 5.40. The van der Waals surface area contributed by atoms with Crippen LogP contribution in [0.4, 0.5) is 0 Å². The highest BCUT2D eigenvalue weighted by Gasteiger charge is 2.16. The lowest BCUT2D eigenvalue weighted by Gasteiger charge is -2.18. The van der Waals surface area contributed by atoms with Gasteiger partial charge in [-0.3, -0.25) is 4.98 Å². The first kappa shape index (κ1) is 12.4. The Morgan fingerprint density at radius 1 is 1.05 bits per heavy atom. The molecule has 0 bridgehead atoms. The number of benzene rings is 1. The van der Waals surface area contributed by atoms with E-state index < -0.39 is 0 Å². The molecule has 0 fully saturated rings. The van der Waals surface area contributed by atoms with E-state index in [9.17, 15) is 0 Å². The summed E-state index contributed by atoms with van der Waals surface area (Å²) in [6, 6.07) is 9.37. The van der Waals surface area contributed by atoms with Crippen molar-refractivity contribution in [2.24, 2.45) is 0 Å². The zero-order valence-electron chi connectivity index (χ0n) is 11.6. The molecule has 19 heavy (non-hydrogen) atoms. The third-order valence-electron chi connectivity index (χ3n) is 3.97. The minimum absolute atomic E-state index is 0.235. The highest BCUT2D eigenvalue weighted by Crippen LogP contribution is 2.28. The Kier molecular flexibility index (Phi) is 3.34. The number of pyridine rings is 1. The summed E-state index contributed by atoms with van der Waals surface area (Å²) in [6.07, 6.45) is 7.63. The van der Waals surface area contributed by atoms with E-state index in [0.717, 1.165) is 0 Å². The third kappa shape index (κ3) is 2.41. The molecule has 0 saturated carbocycles. The Bertz CT molecular complexity index is 590. The number of fused-ring (bicyclic) bond motifs is 1. The molecular formula is C17H20N2. The average molecular weight is 252 g/mol. The van der Waals surface area contributed by atoms with Crippen LogP contribution < -0.4 is 5.32 Å². The average Bonchev–Trinajstić information content (AvgIpc) is 2.87. The molecule has 1 aromatic heterocycles. The molecule has 2 nitrogen and oxygen atoms in total. The number of hydrogen-bond acceptors (Lipinski definition) is 2. The standard InChI is InChI=1S/C17H20N2/c1-12-8-16(11-19-10-12)17(18-2)15-7-6-13-4-3-5-14(13)9-15/h6-11,17-18H,3-5H2,1-2H3. The molecule has 1 aliphatic rings. The molecule has 1 heterocycles. The van der Waals surface area contributed by atoms with Gasteiger partial charge in [-0.15, -0.1) is 0 Å². The number of aromatic nitrogens is 1. The van der Waals surface area contributed by atoms with Crippen LogP contribution >= 0.6 is 0 Å². The van der Waals surface area contributed by atoms with Crippen molar-refractivity contribution in [3.8, 4) is 0 Å². The summed E-state index contributed by atoms with van der Waals surface area (Å²) in [5.41, 5.74) is 6.84. The van der Waals surface area contributed by atoms with E-state index in [2.05, 4.69) is 41.5 Å². The van der Waals surface area contributed by atoms with Gasteiger partial charge in [-0.1, -0.05) is 24.3 Å². The topological polar surface area (TPSA) is 24.9 Å². The SMILES string of the molecule is CNC(c1cncc(C)c1)c1ccc2c(c1)CCC2. The number of aryl methyl sites for hydroxylation is 3. The van der Waals surface area contributed by atoms with Crippen LogP contribution in [0.1, 0.15) is 40.3 Å². The van der Waals surface area contributed by atoms with Gasteiger partial charge < -0.3 is 5.32 Å². The molecule has 0 aliphatic heterocycles. The van der Waals surface area contributed by atoms with Gasteiger partial charge in [0.05, 0.1) is 6.04 Å². The minimum atomic E-state index is 0.235. The molecule has 2 aromatic rings. The van der Waals surface area contributed by atoms with Crippen LogP contribution in [0.2, 0.25) is 0 Å². The van der Waals surface area contributed by atoms with E-state index in [1.54, 1.807) is 0 Å². The maximum Gasteiger partial charge on any atom is 0.0589 e. The molecular weight excluding hydrogens is 232 g/mol. The lowest BCUT2D eigenvalue weighted by molar-refractivity contribution is 0.687. The van der Waals surface area contributed by atoms with Crippen LogP contribution in [0, 0.1) is 6.92 Å². The fourth-order valence-electron chi connectivity index (χ4n) is 3.03. The van der Waals surface area contributed by atoms with Crippen molar-refractivity contribution in [2.45, 2.75) is 32.2 Å². The number of nitrogens with one attached hydrogen (secondary N) is 1. The predicted octanol–water partition coefficient (Wildman–Crippen LogP) is 3.19. The summed E-state index contributed by atoms with van der Waals surface area (Å²) in [5.74, 6) is 0. The summed E-state index contributed by atoms with van der Waals surface area (Å²) >= 11 is 0. The lowest BCUT2D eigenvalue weighted by atomic mass is 9.96. The first-order valence-corrected chi connectivity index (χ1v) is 6.98. The third-order valence-corrected chi connectivity index (χ3v) is 3.97. The summed E-state index contributed by atoms with van der Waals surface area (Å²) in [6.45, 7) is 2.09. The van der Waals surface area contributed by atoms with Gasteiger partial charge >= 0.3 is 0 Å². The molecule has 0 radical (unpaired) electrons. The van der Waals surface area contributed by atoms with Crippen molar-refractivity contribution >= 4 is 0 Å². The Morgan fingerprint density at radius 2 is 1.89 bits per heavy atom. The lowest BCUT2D eigenvalue weighted by Crippen LogP contribution is -2.18. The molecule has 1 N–H and O–H groups in total. The summed E-state index contributed by atoms with van der Waals surface area (Å²) < 4.78 is 0. The summed E-state index contributed by atoms with van der Waals surface area (Å²) in [5, 5.41) is 3.41. The summed E-state index contributed by atoms with van der Waals surface area (Å²) in [7, 11) is 2.01. The molecule has 3 rings (SSSR count). The van der Waals surface area contributed by atoms with Gasteiger partial charge in [0.25, 0.3) is 0 Å². The molecule has 1 atom stereocenters. The maximum absolute atomic E-state index is 4.31. The van der Waals surface area contributed by atoms with Crippen molar-refractivity contribution in [3.63, 3.8) is 0 Å². The zero-order valence-corrected chi connectivity index (χ0v) is 11.6. The van der Waals surface area contributed by atoms with Crippen LogP contribution in [-0.4, -0.2) is 12.0 Å². The van der Waals surface area contributed by atoms with E-state index in [-0.39, 0.29) is 6.04 Å². The normalized spacial score (nSPS) is 15.3. The van der Waals surface area contributed by atoms with Crippen molar-refractivity contribution in [1.82, 2.24) is 10.3 Å². The smallest absolute Gasteiger partial charge is 0.0589 e. The first-order chi connectivity index (χ1) is 9.28. The van der Waals surface area contributed by atoms with Gasteiger partial charge in [-0.05, 0) is 61.1 Å². The molecule has 2 heteroatoms. The molecule has 98 valence electrons. The monoisotopic (exact) mass is 252 g/mol. The first-order valence-electron chi connectivity index (χ1n) is 6.98. The van der Waals surface area contributed by atoms with E-state index in [4.69, 9.17) is 0 Å². The fourth-order valence-corrected chi connectivity index (χ4v) is 3.03. The Balaban J connectivity index is 1.98. The molecule has 0 spiro atoms. The van der Waals surface area contributed by atoms with Gasteiger partial charge in [0.15, 0.2) is 0 Å². The van der Waals surface area contributed by atoms with Crippen LogP contribution in [-0.2, 0) is 12.8 Å². The maximum atomic E-state index is 4.31. The van der Waals surface area contributed by atoms with E-state index in [0.29, 0.717) is 0 Å². The van der Waals surface area contributed by atoms with Crippen molar-refractivity contribution in [3.05, 3.63) is 64.5 Å². The van der Waals surface area contributed by atoms with Crippen LogP contribution in [0.15, 0.2) is 36.7 Å². The second-order valence-corrected chi connectivity index (χ2v) is 5.40. The predicted molar refractivity (Wildman–Crippen MR) is 78.3 cm³/mol.